The molecule has 114 valence electrons. The highest BCUT2D eigenvalue weighted by atomic mass is 32.2. The van der Waals surface area contributed by atoms with Crippen molar-refractivity contribution < 1.29 is 0 Å². The van der Waals surface area contributed by atoms with Gasteiger partial charge in [-0.1, -0.05) is 0 Å². The van der Waals surface area contributed by atoms with Crippen LogP contribution in [0.25, 0.3) is 0 Å². The highest BCUT2D eigenvalue weighted by molar-refractivity contribution is 8.07. The summed E-state index contributed by atoms with van der Waals surface area (Å²) in [6, 6.07) is 0. The smallest absolute Gasteiger partial charge is 0.247 e. The van der Waals surface area contributed by atoms with Gasteiger partial charge in [0.05, 0.1) is 0 Å². The molecule has 0 spiro atoms. The van der Waals surface area contributed by atoms with E-state index in [4.69, 9.17) is 0 Å². The molecular weight excluding hydrogens is 330 g/mol. The Bertz CT molecular complexity index is 611. The first kappa shape index (κ1) is 14.1. The third-order valence-electron chi connectivity index (χ3n) is 3.75. The second-order valence-corrected chi connectivity index (χ2v) is 9.55. The maximum atomic E-state index is 12.5. The van der Waals surface area contributed by atoms with Crippen molar-refractivity contribution >= 4 is 35.3 Å². The third kappa shape index (κ3) is 3.00. The van der Waals surface area contributed by atoms with Crippen molar-refractivity contribution in [2.45, 2.75) is 35.4 Å². The van der Waals surface area contributed by atoms with E-state index in [0.717, 1.165) is 17.3 Å². The van der Waals surface area contributed by atoms with Crippen LogP contribution in [0.4, 0.5) is 0 Å². The van der Waals surface area contributed by atoms with Gasteiger partial charge >= 0.3 is 17.1 Å². The van der Waals surface area contributed by atoms with Gasteiger partial charge in [0.15, 0.2) is 0 Å². The SMILES string of the molecule is O=c1n(CC2CS2)c(=O)n(CC2CS2)c(=O)n1CC1CS1. The topological polar surface area (TPSA) is 66.0 Å². The Morgan fingerprint density at radius 3 is 1.10 bits per heavy atom. The Balaban J connectivity index is 1.81. The van der Waals surface area contributed by atoms with Crippen molar-refractivity contribution in [3.8, 4) is 0 Å². The molecule has 0 amide bonds. The van der Waals surface area contributed by atoms with E-state index in [1.54, 1.807) is 35.3 Å². The minimum Gasteiger partial charge on any atom is -0.247 e. The molecule has 3 atom stereocenters. The van der Waals surface area contributed by atoms with E-state index < -0.39 is 17.1 Å². The van der Waals surface area contributed by atoms with Crippen LogP contribution >= 0.6 is 35.3 Å². The van der Waals surface area contributed by atoms with Crippen LogP contribution in [0, 0.1) is 0 Å². The summed E-state index contributed by atoms with van der Waals surface area (Å²) in [6.45, 7) is 1.29. The van der Waals surface area contributed by atoms with Gasteiger partial charge in [0.25, 0.3) is 0 Å². The highest BCUT2D eigenvalue weighted by Crippen LogP contribution is 2.32. The number of hydrogen-bond donors (Lipinski definition) is 0. The largest absolute Gasteiger partial charge is 0.336 e. The van der Waals surface area contributed by atoms with E-state index in [-0.39, 0.29) is 0 Å². The summed E-state index contributed by atoms with van der Waals surface area (Å²) in [5.74, 6) is 2.96. The molecule has 9 heteroatoms. The van der Waals surface area contributed by atoms with Crippen LogP contribution in [-0.4, -0.2) is 46.7 Å². The lowest BCUT2D eigenvalue weighted by atomic mass is 10.4. The summed E-state index contributed by atoms with van der Waals surface area (Å²) in [7, 11) is 0. The molecule has 0 aromatic carbocycles. The normalized spacial score (nSPS) is 29.4. The van der Waals surface area contributed by atoms with Gasteiger partial charge in [0.1, 0.15) is 0 Å². The molecule has 6 nitrogen and oxygen atoms in total. The monoisotopic (exact) mass is 345 g/mol. The summed E-state index contributed by atoms with van der Waals surface area (Å²) in [5, 5.41) is 1.04. The lowest BCUT2D eigenvalue weighted by Gasteiger charge is -2.12. The molecule has 0 bridgehead atoms. The molecule has 3 aliphatic rings. The molecule has 4 rings (SSSR count). The zero-order valence-electron chi connectivity index (χ0n) is 11.3. The van der Waals surface area contributed by atoms with Gasteiger partial charge in [0.2, 0.25) is 0 Å². The van der Waals surface area contributed by atoms with E-state index in [9.17, 15) is 14.4 Å². The van der Waals surface area contributed by atoms with Crippen LogP contribution in [0.15, 0.2) is 14.4 Å². The first-order valence-corrected chi connectivity index (χ1v) is 10.1. The number of hydrogen-bond acceptors (Lipinski definition) is 6. The molecule has 3 saturated heterocycles. The van der Waals surface area contributed by atoms with Gasteiger partial charge in [-0.3, -0.25) is 0 Å². The minimum absolute atomic E-state index is 0.348. The molecular formula is C12H15N3O3S3. The van der Waals surface area contributed by atoms with Crippen LogP contribution in [0.1, 0.15) is 0 Å². The summed E-state index contributed by atoms with van der Waals surface area (Å²) < 4.78 is 3.81. The van der Waals surface area contributed by atoms with Crippen molar-refractivity contribution in [1.82, 2.24) is 13.7 Å². The maximum Gasteiger partial charge on any atom is 0.336 e. The molecule has 21 heavy (non-hydrogen) atoms. The number of thioether (sulfide) groups is 3. The Morgan fingerprint density at radius 2 is 0.905 bits per heavy atom. The van der Waals surface area contributed by atoms with E-state index in [0.29, 0.717) is 35.4 Å². The Morgan fingerprint density at radius 1 is 0.667 bits per heavy atom. The van der Waals surface area contributed by atoms with Gasteiger partial charge in [-0.2, -0.15) is 35.3 Å². The molecule has 3 aliphatic heterocycles. The highest BCUT2D eigenvalue weighted by Gasteiger charge is 2.31. The van der Waals surface area contributed by atoms with Crippen LogP contribution in [0.3, 0.4) is 0 Å². The van der Waals surface area contributed by atoms with Gasteiger partial charge in [-0.25, -0.2) is 28.1 Å². The third-order valence-corrected chi connectivity index (χ3v) is 6.61. The fourth-order valence-corrected chi connectivity index (χ4v) is 3.77. The van der Waals surface area contributed by atoms with Gasteiger partial charge in [0, 0.05) is 52.6 Å². The molecule has 0 radical (unpaired) electrons. The van der Waals surface area contributed by atoms with Crippen molar-refractivity contribution in [2.24, 2.45) is 0 Å². The molecule has 1 aromatic heterocycles. The molecule has 3 unspecified atom stereocenters. The molecule has 3 fully saturated rings. The van der Waals surface area contributed by atoms with Crippen LogP contribution in [-0.2, 0) is 19.6 Å². The number of nitrogens with zero attached hydrogens (tertiary/aromatic N) is 3. The molecule has 0 aliphatic carbocycles. The predicted octanol–water partition coefficient (Wildman–Crippen LogP) is -0.482. The number of aromatic nitrogens is 3. The van der Waals surface area contributed by atoms with Crippen LogP contribution < -0.4 is 17.1 Å². The molecule has 1 aromatic rings. The molecule has 0 N–H and O–H groups in total. The Labute approximate surface area is 133 Å². The molecule has 0 saturated carbocycles. The van der Waals surface area contributed by atoms with Crippen LogP contribution in [0.2, 0.25) is 0 Å². The second kappa shape index (κ2) is 5.27. The maximum absolute atomic E-state index is 12.5. The van der Waals surface area contributed by atoms with Crippen molar-refractivity contribution in [3.05, 3.63) is 31.5 Å². The van der Waals surface area contributed by atoms with Crippen molar-refractivity contribution in [1.29, 1.82) is 0 Å². The lowest BCUT2D eigenvalue weighted by molar-refractivity contribution is 0.456. The first-order chi connectivity index (χ1) is 10.1. The number of rotatable bonds is 6. The van der Waals surface area contributed by atoms with Gasteiger partial charge in [-0.05, 0) is 0 Å². The molecule has 4 heterocycles. The average molecular weight is 345 g/mol. The fraction of sp³-hybridized carbons (Fsp3) is 0.750. The summed E-state index contributed by atoms with van der Waals surface area (Å²) in [5.41, 5.74) is -1.28. The Hall–Kier alpha value is -0.540. The summed E-state index contributed by atoms with van der Waals surface area (Å²) in [6.07, 6.45) is 0. The van der Waals surface area contributed by atoms with Crippen molar-refractivity contribution in [2.75, 3.05) is 17.3 Å². The first-order valence-electron chi connectivity index (χ1n) is 6.93. The lowest BCUT2D eigenvalue weighted by Crippen LogP contribution is -2.55. The summed E-state index contributed by atoms with van der Waals surface area (Å²) in [4.78, 5) is 37.4. The van der Waals surface area contributed by atoms with Crippen LogP contribution in [0.5, 0.6) is 0 Å². The minimum atomic E-state index is -0.426. The predicted molar refractivity (Wildman–Crippen MR) is 88.0 cm³/mol. The Kier molecular flexibility index (Phi) is 3.54. The standard InChI is InChI=1S/C12H15N3O3S3/c16-10-13(1-7-4-19-7)11(17)15(3-9-6-21-9)12(18)14(10)2-8-5-20-8/h7-9H,1-6H2. The van der Waals surface area contributed by atoms with Crippen molar-refractivity contribution in [3.63, 3.8) is 0 Å². The zero-order chi connectivity index (χ0) is 14.6. The summed E-state index contributed by atoms with van der Waals surface area (Å²) >= 11 is 5.24. The van der Waals surface area contributed by atoms with E-state index in [1.165, 1.54) is 13.7 Å². The van der Waals surface area contributed by atoms with E-state index in [2.05, 4.69) is 0 Å². The van der Waals surface area contributed by atoms with E-state index >= 15 is 0 Å². The quantitative estimate of drug-likeness (QED) is 0.649. The second-order valence-electron chi connectivity index (χ2n) is 5.55. The van der Waals surface area contributed by atoms with Gasteiger partial charge in [-0.15, -0.1) is 0 Å². The van der Waals surface area contributed by atoms with E-state index in [1.807, 2.05) is 0 Å². The van der Waals surface area contributed by atoms with Gasteiger partial charge < -0.3 is 0 Å². The fourth-order valence-electron chi connectivity index (χ4n) is 2.28. The average Bonchev–Trinajstić information content (AvgIpc) is 3.31. The zero-order valence-corrected chi connectivity index (χ0v) is 13.7.